The van der Waals surface area contributed by atoms with Gasteiger partial charge in [-0.05, 0) is 36.5 Å². The topological polar surface area (TPSA) is 66.0 Å². The van der Waals surface area contributed by atoms with E-state index in [0.717, 1.165) is 36.7 Å². The van der Waals surface area contributed by atoms with Gasteiger partial charge in [0.1, 0.15) is 5.75 Å². The molecule has 1 atom stereocenters. The maximum Gasteiger partial charge on any atom is 0.118 e. The molecule has 3 saturated carbocycles. The first kappa shape index (κ1) is 11.9. The van der Waals surface area contributed by atoms with Crippen molar-refractivity contribution >= 4 is 0 Å². The predicted octanol–water partition coefficient (Wildman–Crippen LogP) is 1.54. The molecule has 0 spiro atoms. The number of methoxy groups -OCH3 is 1. The molecule has 5 nitrogen and oxygen atoms in total. The van der Waals surface area contributed by atoms with Gasteiger partial charge in [-0.2, -0.15) is 0 Å². The summed E-state index contributed by atoms with van der Waals surface area (Å²) in [5.74, 6) is 2.05. The van der Waals surface area contributed by atoms with E-state index in [1.807, 2.05) is 35.1 Å². The molecule has 20 heavy (non-hydrogen) atoms. The van der Waals surface area contributed by atoms with Crippen LogP contribution in [0.15, 0.2) is 30.5 Å². The first-order chi connectivity index (χ1) is 9.68. The van der Waals surface area contributed by atoms with Crippen LogP contribution in [0, 0.1) is 5.92 Å². The smallest absolute Gasteiger partial charge is 0.118 e. The number of nitrogens with two attached hydrogens (primary N) is 1. The standard InChI is InChI=1S/C15H18N4O/c1-20-12-4-2-10(3-5-12)8-19-9-13(17-18-19)14-11-6-15(14,16)7-11/h2-5,9,11,14H,6-8,16H2,1H3. The fourth-order valence-corrected chi connectivity index (χ4v) is 3.54. The van der Waals surface area contributed by atoms with Gasteiger partial charge in [-0.15, -0.1) is 5.10 Å². The van der Waals surface area contributed by atoms with Crippen molar-refractivity contribution in [3.8, 4) is 5.75 Å². The van der Waals surface area contributed by atoms with E-state index in [1.54, 1.807) is 7.11 Å². The summed E-state index contributed by atoms with van der Waals surface area (Å²) in [6, 6.07) is 8.02. The first-order valence-electron chi connectivity index (χ1n) is 7.00. The van der Waals surface area contributed by atoms with Crippen LogP contribution in [-0.2, 0) is 6.54 Å². The van der Waals surface area contributed by atoms with Crippen LogP contribution in [0.1, 0.15) is 30.0 Å². The summed E-state index contributed by atoms with van der Waals surface area (Å²) in [5, 5.41) is 8.53. The Labute approximate surface area is 117 Å². The van der Waals surface area contributed by atoms with Gasteiger partial charge in [0.15, 0.2) is 0 Å². The maximum atomic E-state index is 6.27. The molecule has 5 heteroatoms. The van der Waals surface area contributed by atoms with Crippen molar-refractivity contribution in [1.82, 2.24) is 15.0 Å². The van der Waals surface area contributed by atoms with E-state index >= 15 is 0 Å². The third-order valence-electron chi connectivity index (χ3n) is 4.75. The monoisotopic (exact) mass is 270 g/mol. The third-order valence-corrected chi connectivity index (χ3v) is 4.75. The van der Waals surface area contributed by atoms with E-state index in [9.17, 15) is 0 Å². The molecule has 2 aromatic rings. The highest BCUT2D eigenvalue weighted by Gasteiger charge is 2.64. The summed E-state index contributed by atoms with van der Waals surface area (Å²) >= 11 is 0. The summed E-state index contributed by atoms with van der Waals surface area (Å²) in [4.78, 5) is 0. The molecule has 0 saturated heterocycles. The number of nitrogens with zero attached hydrogens (tertiary/aromatic N) is 3. The number of hydrogen-bond donors (Lipinski definition) is 1. The highest BCUT2D eigenvalue weighted by atomic mass is 16.5. The predicted molar refractivity (Wildman–Crippen MR) is 74.5 cm³/mol. The normalized spacial score (nSPS) is 30.5. The third kappa shape index (κ3) is 1.66. The lowest BCUT2D eigenvalue weighted by atomic mass is 9.42. The molecule has 0 amide bonds. The molecule has 0 radical (unpaired) electrons. The Hall–Kier alpha value is -1.88. The number of aromatic nitrogens is 3. The van der Waals surface area contributed by atoms with Crippen molar-refractivity contribution in [2.75, 3.05) is 7.11 Å². The molecule has 1 aromatic heterocycles. The van der Waals surface area contributed by atoms with Gasteiger partial charge in [0.05, 0.1) is 19.3 Å². The van der Waals surface area contributed by atoms with Crippen molar-refractivity contribution in [2.45, 2.75) is 30.8 Å². The average Bonchev–Trinajstić information content (AvgIpc) is 2.84. The Bertz CT molecular complexity index is 628. The zero-order valence-corrected chi connectivity index (χ0v) is 11.5. The van der Waals surface area contributed by atoms with Crippen LogP contribution in [0.5, 0.6) is 5.75 Å². The quantitative estimate of drug-likeness (QED) is 0.915. The van der Waals surface area contributed by atoms with E-state index in [2.05, 4.69) is 10.3 Å². The van der Waals surface area contributed by atoms with Crippen molar-refractivity contribution in [1.29, 1.82) is 0 Å². The lowest BCUT2D eigenvalue weighted by Crippen LogP contribution is -2.71. The lowest BCUT2D eigenvalue weighted by Gasteiger charge is -2.65. The Balaban J connectivity index is 1.48. The van der Waals surface area contributed by atoms with Gasteiger partial charge in [-0.3, -0.25) is 0 Å². The van der Waals surface area contributed by atoms with Crippen LogP contribution in [0.2, 0.25) is 0 Å². The number of ether oxygens (including phenoxy) is 1. The van der Waals surface area contributed by atoms with Gasteiger partial charge in [0.2, 0.25) is 0 Å². The highest BCUT2D eigenvalue weighted by molar-refractivity contribution is 5.31. The number of rotatable bonds is 4. The molecule has 3 fully saturated rings. The van der Waals surface area contributed by atoms with Gasteiger partial charge < -0.3 is 10.5 Å². The van der Waals surface area contributed by atoms with E-state index < -0.39 is 0 Å². The molecule has 2 bridgehead atoms. The molecular formula is C15H18N4O. The van der Waals surface area contributed by atoms with Crippen LogP contribution < -0.4 is 10.5 Å². The molecule has 2 N–H and O–H groups in total. The second-order valence-corrected chi connectivity index (χ2v) is 6.07. The van der Waals surface area contributed by atoms with Crippen LogP contribution in [0.4, 0.5) is 0 Å². The SMILES string of the molecule is COc1ccc(Cn2cc(C3C4CC3(N)C4)nn2)cc1. The van der Waals surface area contributed by atoms with Gasteiger partial charge in [0.25, 0.3) is 0 Å². The van der Waals surface area contributed by atoms with Gasteiger partial charge in [-0.25, -0.2) is 4.68 Å². The molecule has 1 heterocycles. The molecule has 3 aliphatic rings. The molecule has 3 aliphatic carbocycles. The summed E-state index contributed by atoms with van der Waals surface area (Å²) in [7, 11) is 1.67. The van der Waals surface area contributed by atoms with Crippen molar-refractivity contribution in [3.05, 3.63) is 41.7 Å². The summed E-state index contributed by atoms with van der Waals surface area (Å²) in [5.41, 5.74) is 8.53. The minimum Gasteiger partial charge on any atom is -0.497 e. The van der Waals surface area contributed by atoms with Crippen LogP contribution in [0.3, 0.4) is 0 Å². The van der Waals surface area contributed by atoms with Crippen molar-refractivity contribution < 1.29 is 4.74 Å². The fraction of sp³-hybridized carbons (Fsp3) is 0.467. The zero-order valence-electron chi connectivity index (χ0n) is 11.5. The molecule has 5 rings (SSSR count). The first-order valence-corrected chi connectivity index (χ1v) is 7.00. The zero-order chi connectivity index (χ0) is 13.7. The number of hydrogen-bond acceptors (Lipinski definition) is 4. The minimum absolute atomic E-state index is 0.0195. The van der Waals surface area contributed by atoms with Gasteiger partial charge >= 0.3 is 0 Å². The van der Waals surface area contributed by atoms with Crippen LogP contribution >= 0.6 is 0 Å². The summed E-state index contributed by atoms with van der Waals surface area (Å²) in [6.45, 7) is 0.728. The van der Waals surface area contributed by atoms with Crippen molar-refractivity contribution in [3.63, 3.8) is 0 Å². The molecule has 1 unspecified atom stereocenters. The minimum atomic E-state index is 0.0195. The van der Waals surface area contributed by atoms with E-state index in [0.29, 0.717) is 5.92 Å². The van der Waals surface area contributed by atoms with E-state index in [-0.39, 0.29) is 5.54 Å². The maximum absolute atomic E-state index is 6.27. The molecule has 104 valence electrons. The number of benzene rings is 1. The Morgan fingerprint density at radius 2 is 2.10 bits per heavy atom. The Kier molecular flexibility index (Phi) is 2.41. The Morgan fingerprint density at radius 1 is 1.35 bits per heavy atom. The van der Waals surface area contributed by atoms with Gasteiger partial charge in [0, 0.05) is 17.7 Å². The summed E-state index contributed by atoms with van der Waals surface area (Å²) in [6.07, 6.45) is 4.36. The average molecular weight is 270 g/mol. The second kappa shape index (κ2) is 4.06. The van der Waals surface area contributed by atoms with E-state index in [1.165, 1.54) is 5.56 Å². The largest absolute Gasteiger partial charge is 0.497 e. The molecule has 1 aromatic carbocycles. The second-order valence-electron chi connectivity index (χ2n) is 6.07. The van der Waals surface area contributed by atoms with Gasteiger partial charge in [-0.1, -0.05) is 17.3 Å². The van der Waals surface area contributed by atoms with Crippen LogP contribution in [0.25, 0.3) is 0 Å². The molecule has 0 aliphatic heterocycles. The molecular weight excluding hydrogens is 252 g/mol. The highest BCUT2D eigenvalue weighted by Crippen LogP contribution is 2.64. The van der Waals surface area contributed by atoms with E-state index in [4.69, 9.17) is 10.5 Å². The van der Waals surface area contributed by atoms with Crippen LogP contribution in [-0.4, -0.2) is 27.6 Å². The Morgan fingerprint density at radius 3 is 2.65 bits per heavy atom. The summed E-state index contributed by atoms with van der Waals surface area (Å²) < 4.78 is 7.04. The van der Waals surface area contributed by atoms with Crippen molar-refractivity contribution in [2.24, 2.45) is 11.7 Å². The fourth-order valence-electron chi connectivity index (χ4n) is 3.54. The lowest BCUT2D eigenvalue weighted by molar-refractivity contribution is -0.0587.